The van der Waals surface area contributed by atoms with E-state index in [-0.39, 0.29) is 23.9 Å². The number of hydrogen-bond donors (Lipinski definition) is 0. The van der Waals surface area contributed by atoms with Crippen molar-refractivity contribution < 1.29 is 14.3 Å². The molecule has 0 aromatic rings. The van der Waals surface area contributed by atoms with E-state index in [1.807, 2.05) is 20.8 Å². The van der Waals surface area contributed by atoms with Crippen molar-refractivity contribution >= 4 is 23.6 Å². The lowest BCUT2D eigenvalue weighted by atomic mass is 10.0. The molecular weight excluding hydrogens is 280 g/mol. The second-order valence-corrected chi connectivity index (χ2v) is 6.50. The van der Waals surface area contributed by atoms with Gasteiger partial charge in [0.2, 0.25) is 5.91 Å². The number of alkyl halides is 1. The van der Waals surface area contributed by atoms with Gasteiger partial charge in [-0.25, -0.2) is 4.79 Å². The Morgan fingerprint density at radius 3 is 2.55 bits per heavy atom. The van der Waals surface area contributed by atoms with Crippen molar-refractivity contribution in [2.45, 2.75) is 51.7 Å². The van der Waals surface area contributed by atoms with Crippen LogP contribution in [0.15, 0.2) is 0 Å². The number of amides is 2. The summed E-state index contributed by atoms with van der Waals surface area (Å²) in [5.74, 6) is -0.156. The van der Waals surface area contributed by atoms with Crippen LogP contribution in [0.3, 0.4) is 0 Å². The fourth-order valence-corrected chi connectivity index (χ4v) is 2.48. The Morgan fingerprint density at radius 2 is 2.00 bits per heavy atom. The summed E-state index contributed by atoms with van der Waals surface area (Å²) in [6.07, 6.45) is 2.63. The standard InChI is InChI=1S/C14H25ClN2O3/c1-14(2,3)20-13(19)17-8-6-5-7-11(17)10-16(4)12(18)9-15/h11H,5-10H2,1-4H3. The van der Waals surface area contributed by atoms with Gasteiger partial charge in [0.05, 0.1) is 6.04 Å². The van der Waals surface area contributed by atoms with Gasteiger partial charge < -0.3 is 14.5 Å². The van der Waals surface area contributed by atoms with Gasteiger partial charge in [0, 0.05) is 20.1 Å². The van der Waals surface area contributed by atoms with E-state index in [1.54, 1.807) is 16.8 Å². The zero-order chi connectivity index (χ0) is 15.3. The van der Waals surface area contributed by atoms with E-state index in [4.69, 9.17) is 16.3 Å². The number of hydrogen-bond acceptors (Lipinski definition) is 3. The summed E-state index contributed by atoms with van der Waals surface area (Å²) < 4.78 is 5.43. The van der Waals surface area contributed by atoms with Crippen LogP contribution >= 0.6 is 11.6 Å². The third-order valence-electron chi connectivity index (χ3n) is 3.28. The monoisotopic (exact) mass is 304 g/mol. The Morgan fingerprint density at radius 1 is 1.35 bits per heavy atom. The fourth-order valence-electron chi connectivity index (χ4n) is 2.27. The maximum atomic E-state index is 12.2. The molecule has 0 spiro atoms. The molecule has 1 atom stereocenters. The Balaban J connectivity index is 2.67. The smallest absolute Gasteiger partial charge is 0.410 e. The van der Waals surface area contributed by atoms with Gasteiger partial charge in [0.25, 0.3) is 0 Å². The Bertz CT molecular complexity index is 355. The van der Waals surface area contributed by atoms with E-state index in [9.17, 15) is 9.59 Å². The van der Waals surface area contributed by atoms with Gasteiger partial charge in [-0.2, -0.15) is 0 Å². The molecule has 0 aromatic heterocycles. The lowest BCUT2D eigenvalue weighted by Gasteiger charge is -2.38. The summed E-state index contributed by atoms with van der Waals surface area (Å²) in [6, 6.07) is 0.00997. The topological polar surface area (TPSA) is 49.9 Å². The van der Waals surface area contributed by atoms with Crippen molar-refractivity contribution in [3.63, 3.8) is 0 Å². The maximum Gasteiger partial charge on any atom is 0.410 e. The van der Waals surface area contributed by atoms with E-state index in [2.05, 4.69) is 0 Å². The first-order valence-corrected chi connectivity index (χ1v) is 7.57. The number of halogens is 1. The second-order valence-electron chi connectivity index (χ2n) is 6.23. The Kier molecular flexibility index (Phi) is 6.11. The molecule has 1 fully saturated rings. The quantitative estimate of drug-likeness (QED) is 0.753. The second kappa shape index (κ2) is 7.16. The van der Waals surface area contributed by atoms with Crippen LogP contribution in [-0.2, 0) is 9.53 Å². The number of nitrogens with zero attached hydrogens (tertiary/aromatic N) is 2. The van der Waals surface area contributed by atoms with Crippen LogP contribution in [-0.4, -0.2) is 59.5 Å². The molecule has 0 aliphatic carbocycles. The molecule has 0 radical (unpaired) electrons. The molecule has 2 amide bonds. The van der Waals surface area contributed by atoms with Crippen LogP contribution < -0.4 is 0 Å². The molecule has 0 saturated carbocycles. The van der Waals surface area contributed by atoms with E-state index < -0.39 is 5.60 Å². The van der Waals surface area contributed by atoms with Crippen molar-refractivity contribution in [1.29, 1.82) is 0 Å². The van der Waals surface area contributed by atoms with Crippen LogP contribution in [0.1, 0.15) is 40.0 Å². The number of piperidine rings is 1. The Hall–Kier alpha value is -0.970. The first-order chi connectivity index (χ1) is 9.24. The van der Waals surface area contributed by atoms with E-state index in [1.165, 1.54) is 0 Å². The van der Waals surface area contributed by atoms with Crippen LogP contribution in [0.5, 0.6) is 0 Å². The van der Waals surface area contributed by atoms with Gasteiger partial charge in [-0.05, 0) is 40.0 Å². The lowest BCUT2D eigenvalue weighted by Crippen LogP contribution is -2.51. The van der Waals surface area contributed by atoms with Crippen molar-refractivity contribution in [2.75, 3.05) is 26.0 Å². The average molecular weight is 305 g/mol. The molecule has 5 nitrogen and oxygen atoms in total. The molecule has 0 N–H and O–H groups in total. The number of carbonyl (C=O) groups is 2. The summed E-state index contributed by atoms with van der Waals surface area (Å²) in [4.78, 5) is 27.1. The molecule has 1 aliphatic rings. The van der Waals surface area contributed by atoms with Crippen LogP contribution in [0.25, 0.3) is 0 Å². The van der Waals surface area contributed by atoms with Crippen molar-refractivity contribution in [2.24, 2.45) is 0 Å². The number of likely N-dealkylation sites (N-methyl/N-ethyl adjacent to an activating group) is 1. The minimum atomic E-state index is -0.503. The molecule has 1 rings (SSSR count). The highest BCUT2D eigenvalue weighted by atomic mass is 35.5. The largest absolute Gasteiger partial charge is 0.444 e. The molecule has 1 aliphatic heterocycles. The van der Waals surface area contributed by atoms with E-state index >= 15 is 0 Å². The lowest BCUT2D eigenvalue weighted by molar-refractivity contribution is -0.128. The minimum absolute atomic E-state index is 0.00997. The molecule has 0 bridgehead atoms. The average Bonchev–Trinajstić information content (AvgIpc) is 2.36. The maximum absolute atomic E-state index is 12.2. The van der Waals surface area contributed by atoms with Gasteiger partial charge in [0.1, 0.15) is 11.5 Å². The van der Waals surface area contributed by atoms with E-state index in [0.717, 1.165) is 19.3 Å². The molecule has 1 heterocycles. The number of rotatable bonds is 3. The third-order valence-corrected chi connectivity index (χ3v) is 3.51. The minimum Gasteiger partial charge on any atom is -0.444 e. The van der Waals surface area contributed by atoms with Crippen molar-refractivity contribution in [1.82, 2.24) is 9.80 Å². The van der Waals surface area contributed by atoms with Crippen LogP contribution in [0.4, 0.5) is 4.79 Å². The summed E-state index contributed by atoms with van der Waals surface area (Å²) in [5, 5.41) is 0. The molecule has 1 unspecified atom stereocenters. The summed E-state index contributed by atoms with van der Waals surface area (Å²) >= 11 is 5.55. The molecule has 0 aromatic carbocycles. The number of ether oxygens (including phenoxy) is 1. The number of likely N-dealkylation sites (tertiary alicyclic amines) is 1. The van der Waals surface area contributed by atoms with Gasteiger partial charge >= 0.3 is 6.09 Å². The van der Waals surface area contributed by atoms with Gasteiger partial charge in [0.15, 0.2) is 0 Å². The zero-order valence-electron chi connectivity index (χ0n) is 12.8. The summed E-state index contributed by atoms with van der Waals surface area (Å²) in [5.41, 5.74) is -0.503. The van der Waals surface area contributed by atoms with Crippen LogP contribution in [0.2, 0.25) is 0 Å². The molecule has 116 valence electrons. The third kappa shape index (κ3) is 5.19. The molecular formula is C14H25ClN2O3. The van der Waals surface area contributed by atoms with Gasteiger partial charge in [-0.3, -0.25) is 4.79 Å². The predicted octanol–water partition coefficient (Wildman–Crippen LogP) is 2.47. The van der Waals surface area contributed by atoms with Crippen molar-refractivity contribution in [3.8, 4) is 0 Å². The molecule has 6 heteroatoms. The van der Waals surface area contributed by atoms with Crippen molar-refractivity contribution in [3.05, 3.63) is 0 Å². The highest BCUT2D eigenvalue weighted by Crippen LogP contribution is 2.21. The first-order valence-electron chi connectivity index (χ1n) is 7.04. The van der Waals surface area contributed by atoms with Gasteiger partial charge in [-0.1, -0.05) is 0 Å². The van der Waals surface area contributed by atoms with E-state index in [0.29, 0.717) is 13.1 Å². The number of carbonyl (C=O) groups excluding carboxylic acids is 2. The summed E-state index contributed by atoms with van der Waals surface area (Å²) in [6.45, 7) is 6.75. The van der Waals surface area contributed by atoms with Crippen LogP contribution in [0, 0.1) is 0 Å². The Labute approximate surface area is 126 Å². The predicted molar refractivity (Wildman–Crippen MR) is 78.9 cm³/mol. The highest BCUT2D eigenvalue weighted by Gasteiger charge is 2.31. The molecule has 20 heavy (non-hydrogen) atoms. The zero-order valence-corrected chi connectivity index (χ0v) is 13.6. The highest BCUT2D eigenvalue weighted by molar-refractivity contribution is 6.27. The fraction of sp³-hybridized carbons (Fsp3) is 0.857. The normalized spacial score (nSPS) is 19.6. The summed E-state index contributed by atoms with van der Waals surface area (Å²) in [7, 11) is 1.71. The SMILES string of the molecule is CN(CC1CCCCN1C(=O)OC(C)(C)C)C(=O)CCl. The molecule has 1 saturated heterocycles. The first kappa shape index (κ1) is 17.1. The van der Waals surface area contributed by atoms with Gasteiger partial charge in [-0.15, -0.1) is 11.6 Å².